The normalized spacial score (nSPS) is 16.2. The number of carboxylic acid groups (broad SMARTS) is 2. The van der Waals surface area contributed by atoms with Crippen LogP contribution in [0.15, 0.2) is 0 Å². The Bertz CT molecular complexity index is 279. The zero-order valence-corrected chi connectivity index (χ0v) is 7.56. The molecule has 0 radical (unpaired) electrons. The first-order valence-electron chi connectivity index (χ1n) is 3.12. The highest BCUT2D eigenvalue weighted by Crippen LogP contribution is 2.52. The quantitative estimate of drug-likeness (QED) is 0.461. The maximum atomic E-state index is 10.7. The van der Waals surface area contributed by atoms with E-state index >= 15 is 0 Å². The molecule has 8 heteroatoms. The molecule has 1 atom stereocenters. The molecular formula is C5H9O7P. The molecule has 4 N–H and O–H groups in total. The highest BCUT2D eigenvalue weighted by atomic mass is 31.2. The summed E-state index contributed by atoms with van der Waals surface area (Å²) >= 11 is 0. The number of rotatable bonds is 4. The van der Waals surface area contributed by atoms with Gasteiger partial charge in [0.15, 0.2) is 5.16 Å². The van der Waals surface area contributed by atoms with E-state index < -0.39 is 31.1 Å². The number of carbonyl (C=O) groups is 2. The zero-order valence-electron chi connectivity index (χ0n) is 6.67. The van der Waals surface area contributed by atoms with Gasteiger partial charge in [-0.25, -0.2) is 0 Å². The van der Waals surface area contributed by atoms with Crippen molar-refractivity contribution in [2.75, 3.05) is 0 Å². The Labute approximate surface area is 73.2 Å². The Morgan fingerprint density at radius 3 is 1.77 bits per heavy atom. The van der Waals surface area contributed by atoms with Crippen LogP contribution in [0.5, 0.6) is 0 Å². The Morgan fingerprint density at radius 2 is 1.69 bits per heavy atom. The van der Waals surface area contributed by atoms with Crippen molar-refractivity contribution in [3.05, 3.63) is 0 Å². The van der Waals surface area contributed by atoms with E-state index in [1.165, 1.54) is 0 Å². The average Bonchev–Trinajstić information content (AvgIpc) is 1.82. The predicted molar refractivity (Wildman–Crippen MR) is 40.3 cm³/mol. The van der Waals surface area contributed by atoms with E-state index in [0.29, 0.717) is 6.92 Å². The van der Waals surface area contributed by atoms with Crippen molar-refractivity contribution in [2.45, 2.75) is 18.5 Å². The maximum Gasteiger partial charge on any atom is 0.343 e. The molecule has 0 aliphatic carbocycles. The number of hydrogen-bond acceptors (Lipinski definition) is 3. The smallest absolute Gasteiger partial charge is 0.343 e. The summed E-state index contributed by atoms with van der Waals surface area (Å²) in [6, 6.07) is 0. The van der Waals surface area contributed by atoms with Crippen LogP contribution in [0.3, 0.4) is 0 Å². The fourth-order valence-electron chi connectivity index (χ4n) is 0.598. The van der Waals surface area contributed by atoms with Gasteiger partial charge in [-0.1, -0.05) is 0 Å². The van der Waals surface area contributed by atoms with Crippen LogP contribution in [0.1, 0.15) is 13.3 Å². The van der Waals surface area contributed by atoms with Crippen LogP contribution in [0.2, 0.25) is 0 Å². The van der Waals surface area contributed by atoms with E-state index in [2.05, 4.69) is 0 Å². The second-order valence-electron chi connectivity index (χ2n) is 2.69. The van der Waals surface area contributed by atoms with E-state index in [1.54, 1.807) is 0 Å². The van der Waals surface area contributed by atoms with Gasteiger partial charge in [0.2, 0.25) is 0 Å². The van der Waals surface area contributed by atoms with Crippen molar-refractivity contribution in [3.8, 4) is 0 Å². The Balaban J connectivity index is 5.09. The van der Waals surface area contributed by atoms with Crippen molar-refractivity contribution in [1.82, 2.24) is 0 Å². The Morgan fingerprint density at radius 1 is 1.31 bits per heavy atom. The van der Waals surface area contributed by atoms with Crippen molar-refractivity contribution in [2.24, 2.45) is 0 Å². The number of carboxylic acids is 2. The first-order chi connectivity index (χ1) is 5.61. The van der Waals surface area contributed by atoms with Crippen LogP contribution >= 0.6 is 7.60 Å². The standard InChI is InChI=1S/C5H9O7P/c1-5(4(8)9,2-3(6)7)13(10,11)12/h2H2,1H3,(H,6,7)(H,8,9)(H2,10,11,12). The average molecular weight is 212 g/mol. The van der Waals surface area contributed by atoms with Gasteiger partial charge in [-0.05, 0) is 6.92 Å². The van der Waals surface area contributed by atoms with E-state index in [1.807, 2.05) is 0 Å². The summed E-state index contributed by atoms with van der Waals surface area (Å²) in [7, 11) is -4.98. The van der Waals surface area contributed by atoms with Gasteiger partial charge < -0.3 is 20.0 Å². The van der Waals surface area contributed by atoms with Crippen LogP contribution in [0.25, 0.3) is 0 Å². The van der Waals surface area contributed by atoms with Gasteiger partial charge in [0, 0.05) is 0 Å². The molecule has 0 saturated carbocycles. The van der Waals surface area contributed by atoms with Crippen LogP contribution in [-0.2, 0) is 14.2 Å². The lowest BCUT2D eigenvalue weighted by Gasteiger charge is -2.23. The summed E-state index contributed by atoms with van der Waals surface area (Å²) in [5.74, 6) is -3.41. The Hall–Kier alpha value is -0.910. The van der Waals surface area contributed by atoms with Crippen molar-refractivity contribution in [3.63, 3.8) is 0 Å². The summed E-state index contributed by atoms with van der Waals surface area (Å²) < 4.78 is 10.7. The van der Waals surface area contributed by atoms with E-state index in [4.69, 9.17) is 20.0 Å². The molecule has 0 aromatic heterocycles. The molecule has 0 aromatic carbocycles. The maximum absolute atomic E-state index is 10.7. The highest BCUT2D eigenvalue weighted by Gasteiger charge is 2.51. The first-order valence-corrected chi connectivity index (χ1v) is 4.73. The molecular weight excluding hydrogens is 203 g/mol. The molecule has 0 rings (SSSR count). The summed E-state index contributed by atoms with van der Waals surface area (Å²) in [5, 5.41) is 14.2. The third-order valence-electron chi connectivity index (χ3n) is 1.60. The molecule has 0 aliphatic heterocycles. The molecule has 0 aliphatic rings. The van der Waals surface area contributed by atoms with Gasteiger partial charge in [0.1, 0.15) is 0 Å². The van der Waals surface area contributed by atoms with Gasteiger partial charge in [0.25, 0.3) is 0 Å². The summed E-state index contributed by atoms with van der Waals surface area (Å²) in [5.41, 5.74) is 0. The van der Waals surface area contributed by atoms with E-state index in [0.717, 1.165) is 0 Å². The van der Waals surface area contributed by atoms with Gasteiger partial charge in [0.05, 0.1) is 6.42 Å². The molecule has 13 heavy (non-hydrogen) atoms. The third-order valence-corrected chi connectivity index (χ3v) is 3.23. The van der Waals surface area contributed by atoms with Crippen molar-refractivity contribution >= 4 is 19.5 Å². The predicted octanol–water partition coefficient (Wildman–Crippen LogP) is -0.518. The largest absolute Gasteiger partial charge is 0.481 e. The SMILES string of the molecule is CC(CC(=O)O)(C(=O)O)P(=O)(O)O. The second-order valence-corrected chi connectivity index (χ2v) is 4.77. The van der Waals surface area contributed by atoms with E-state index in [-0.39, 0.29) is 0 Å². The fourth-order valence-corrected chi connectivity index (χ4v) is 1.19. The second kappa shape index (κ2) is 3.45. The molecule has 7 nitrogen and oxygen atoms in total. The highest BCUT2D eigenvalue weighted by molar-refractivity contribution is 7.54. The summed E-state index contributed by atoms with van der Waals surface area (Å²) in [6.07, 6.45) is -1.12. The Kier molecular flexibility index (Phi) is 3.21. The lowest BCUT2D eigenvalue weighted by atomic mass is 10.1. The molecule has 0 bridgehead atoms. The van der Waals surface area contributed by atoms with Crippen LogP contribution in [0, 0.1) is 0 Å². The number of aliphatic carboxylic acids is 2. The van der Waals surface area contributed by atoms with Crippen LogP contribution < -0.4 is 0 Å². The number of hydrogen-bond donors (Lipinski definition) is 4. The molecule has 0 heterocycles. The molecule has 0 spiro atoms. The molecule has 0 fully saturated rings. The molecule has 1 unspecified atom stereocenters. The minimum atomic E-state index is -4.98. The van der Waals surface area contributed by atoms with Gasteiger partial charge in [-0.15, -0.1) is 0 Å². The first kappa shape index (κ1) is 12.1. The third kappa shape index (κ3) is 2.51. The molecule has 0 saturated heterocycles. The lowest BCUT2D eigenvalue weighted by molar-refractivity contribution is -0.146. The minimum absolute atomic E-state index is 0.699. The monoisotopic (exact) mass is 212 g/mol. The zero-order chi connectivity index (χ0) is 10.9. The van der Waals surface area contributed by atoms with Crippen molar-refractivity contribution in [1.29, 1.82) is 0 Å². The van der Waals surface area contributed by atoms with E-state index in [9.17, 15) is 14.2 Å². The fraction of sp³-hybridized carbons (Fsp3) is 0.600. The minimum Gasteiger partial charge on any atom is -0.481 e. The summed E-state index contributed by atoms with van der Waals surface area (Å²) in [4.78, 5) is 37.9. The summed E-state index contributed by atoms with van der Waals surface area (Å²) in [6.45, 7) is 0.699. The molecule has 0 aromatic rings. The van der Waals surface area contributed by atoms with Gasteiger partial charge in [-0.3, -0.25) is 14.2 Å². The van der Waals surface area contributed by atoms with Crippen LogP contribution in [-0.4, -0.2) is 37.1 Å². The lowest BCUT2D eigenvalue weighted by Crippen LogP contribution is -2.37. The molecule has 76 valence electrons. The molecule has 0 amide bonds. The van der Waals surface area contributed by atoms with Gasteiger partial charge >= 0.3 is 19.5 Å². The van der Waals surface area contributed by atoms with Crippen molar-refractivity contribution < 1.29 is 34.2 Å². The van der Waals surface area contributed by atoms with Crippen LogP contribution in [0.4, 0.5) is 0 Å². The topological polar surface area (TPSA) is 132 Å². The van der Waals surface area contributed by atoms with Gasteiger partial charge in [-0.2, -0.15) is 0 Å².